The Morgan fingerprint density at radius 3 is 2.50 bits per heavy atom. The topological polar surface area (TPSA) is 98.0 Å². The van der Waals surface area contributed by atoms with Crippen molar-refractivity contribution >= 4 is 11.5 Å². The van der Waals surface area contributed by atoms with E-state index in [1.165, 1.54) is 18.2 Å². The van der Waals surface area contributed by atoms with Gasteiger partial charge in [-0.3, -0.25) is 4.79 Å². The first-order chi connectivity index (χ1) is 9.42. The van der Waals surface area contributed by atoms with Crippen LogP contribution in [0.15, 0.2) is 60.2 Å². The van der Waals surface area contributed by atoms with Gasteiger partial charge in [-0.05, 0) is 24.3 Å². The zero-order valence-electron chi connectivity index (χ0n) is 10.5. The van der Waals surface area contributed by atoms with Gasteiger partial charge in [-0.2, -0.15) is 0 Å². The predicted molar refractivity (Wildman–Crippen MR) is 72.5 cm³/mol. The molecule has 5 nitrogen and oxygen atoms in total. The number of aliphatic hydroxyl groups is 4. The average molecular weight is 274 g/mol. The van der Waals surface area contributed by atoms with E-state index in [0.29, 0.717) is 5.56 Å². The highest BCUT2D eigenvalue weighted by Gasteiger charge is 2.40. The van der Waals surface area contributed by atoms with E-state index in [2.05, 4.69) is 0 Å². The predicted octanol–water partition coefficient (Wildman–Crippen LogP) is 0.693. The molecule has 0 spiro atoms. The van der Waals surface area contributed by atoms with Crippen LogP contribution in [0.5, 0.6) is 0 Å². The summed E-state index contributed by atoms with van der Waals surface area (Å²) in [5.41, 5.74) is 0.648. The number of Topliss-reactive ketones (excluding diaryl/α,β-unsaturated/α-hetero) is 1. The summed E-state index contributed by atoms with van der Waals surface area (Å²) in [7, 11) is 0. The molecule has 4 N–H and O–H groups in total. The van der Waals surface area contributed by atoms with Gasteiger partial charge in [-0.1, -0.05) is 30.3 Å². The molecule has 0 amide bonds. The highest BCUT2D eigenvalue weighted by atomic mass is 16.5. The normalized spacial score (nSPS) is 24.1. The Bertz CT molecular complexity index is 596. The molecule has 0 radical (unpaired) electrons. The standard InChI is InChI=1S/C15H14O5/c16-12(10-4-2-1-3-5-10)7-6-11-8-9-15(19,20)14(18)13(11)17/h1-9,14,16,18-20H. The van der Waals surface area contributed by atoms with E-state index in [0.717, 1.165) is 6.08 Å². The van der Waals surface area contributed by atoms with E-state index in [9.17, 15) is 25.2 Å². The lowest BCUT2D eigenvalue weighted by Gasteiger charge is -2.26. The highest BCUT2D eigenvalue weighted by Crippen LogP contribution is 2.21. The fraction of sp³-hybridized carbons (Fsp3) is 0.133. The third-order valence-electron chi connectivity index (χ3n) is 2.93. The number of hydrogen-bond donors (Lipinski definition) is 4. The van der Waals surface area contributed by atoms with Crippen LogP contribution in [0.4, 0.5) is 0 Å². The molecule has 0 saturated heterocycles. The molecule has 20 heavy (non-hydrogen) atoms. The number of rotatable bonds is 2. The summed E-state index contributed by atoms with van der Waals surface area (Å²) >= 11 is 0. The monoisotopic (exact) mass is 274 g/mol. The van der Waals surface area contributed by atoms with Crippen LogP contribution < -0.4 is 0 Å². The van der Waals surface area contributed by atoms with Crippen molar-refractivity contribution in [2.75, 3.05) is 0 Å². The van der Waals surface area contributed by atoms with Crippen molar-refractivity contribution in [2.45, 2.75) is 11.9 Å². The van der Waals surface area contributed by atoms with E-state index >= 15 is 0 Å². The van der Waals surface area contributed by atoms with Crippen LogP contribution in [0.2, 0.25) is 0 Å². The van der Waals surface area contributed by atoms with E-state index in [1.54, 1.807) is 30.3 Å². The quantitative estimate of drug-likeness (QED) is 0.361. The fourth-order valence-electron chi connectivity index (χ4n) is 1.75. The summed E-state index contributed by atoms with van der Waals surface area (Å²) in [6.45, 7) is 0. The Hall–Kier alpha value is -2.21. The van der Waals surface area contributed by atoms with Gasteiger partial charge in [0.25, 0.3) is 0 Å². The molecule has 1 aliphatic rings. The van der Waals surface area contributed by atoms with Gasteiger partial charge in [-0.25, -0.2) is 0 Å². The first-order valence-electron chi connectivity index (χ1n) is 5.94. The average Bonchev–Trinajstić information content (AvgIpc) is 2.45. The zero-order chi connectivity index (χ0) is 14.8. The van der Waals surface area contributed by atoms with Crippen molar-refractivity contribution in [3.63, 3.8) is 0 Å². The minimum absolute atomic E-state index is 0.0429. The summed E-state index contributed by atoms with van der Waals surface area (Å²) in [4.78, 5) is 11.7. The van der Waals surface area contributed by atoms with Gasteiger partial charge in [-0.15, -0.1) is 0 Å². The number of hydrogen-bond acceptors (Lipinski definition) is 5. The molecule has 1 aliphatic carbocycles. The van der Waals surface area contributed by atoms with Crippen LogP contribution in [0, 0.1) is 0 Å². The second-order valence-corrected chi connectivity index (χ2v) is 4.42. The Morgan fingerprint density at radius 1 is 1.20 bits per heavy atom. The zero-order valence-corrected chi connectivity index (χ0v) is 10.5. The first kappa shape index (κ1) is 14.2. The summed E-state index contributed by atoms with van der Waals surface area (Å²) in [6.07, 6.45) is 2.77. The Kier molecular flexibility index (Phi) is 3.85. The molecule has 1 aromatic carbocycles. The first-order valence-corrected chi connectivity index (χ1v) is 5.94. The molecule has 1 atom stereocenters. The minimum atomic E-state index is -2.56. The van der Waals surface area contributed by atoms with Gasteiger partial charge in [0.05, 0.1) is 0 Å². The maximum atomic E-state index is 11.7. The number of allylic oxidation sites excluding steroid dienone is 3. The van der Waals surface area contributed by atoms with Crippen molar-refractivity contribution in [3.8, 4) is 0 Å². The van der Waals surface area contributed by atoms with Gasteiger partial charge in [0.1, 0.15) is 5.76 Å². The summed E-state index contributed by atoms with van der Waals surface area (Å²) in [6, 6.07) is 8.72. The number of benzene rings is 1. The van der Waals surface area contributed by atoms with Crippen LogP contribution in [0.1, 0.15) is 5.56 Å². The van der Waals surface area contributed by atoms with Gasteiger partial charge in [0.15, 0.2) is 11.9 Å². The molecular weight excluding hydrogens is 260 g/mol. The van der Waals surface area contributed by atoms with E-state index in [-0.39, 0.29) is 11.3 Å². The van der Waals surface area contributed by atoms with E-state index < -0.39 is 17.7 Å². The Morgan fingerprint density at radius 2 is 1.85 bits per heavy atom. The fourth-order valence-corrected chi connectivity index (χ4v) is 1.75. The van der Waals surface area contributed by atoms with E-state index in [4.69, 9.17) is 0 Å². The van der Waals surface area contributed by atoms with Crippen LogP contribution in [-0.2, 0) is 4.79 Å². The molecule has 0 heterocycles. The van der Waals surface area contributed by atoms with Crippen LogP contribution in [-0.4, -0.2) is 38.1 Å². The molecule has 5 heteroatoms. The molecule has 2 rings (SSSR count). The third kappa shape index (κ3) is 2.85. The number of aliphatic hydroxyl groups excluding tert-OH is 2. The lowest BCUT2D eigenvalue weighted by atomic mass is 9.92. The number of ketones is 1. The minimum Gasteiger partial charge on any atom is -0.507 e. The van der Waals surface area contributed by atoms with Crippen molar-refractivity contribution in [2.24, 2.45) is 0 Å². The van der Waals surface area contributed by atoms with Crippen molar-refractivity contribution in [1.29, 1.82) is 0 Å². The second kappa shape index (κ2) is 5.42. The maximum Gasteiger partial charge on any atom is 0.217 e. The second-order valence-electron chi connectivity index (χ2n) is 4.42. The van der Waals surface area contributed by atoms with Crippen molar-refractivity contribution in [1.82, 2.24) is 0 Å². The van der Waals surface area contributed by atoms with Crippen LogP contribution in [0.3, 0.4) is 0 Å². The van der Waals surface area contributed by atoms with Gasteiger partial charge < -0.3 is 20.4 Å². The third-order valence-corrected chi connectivity index (χ3v) is 2.93. The molecule has 0 fully saturated rings. The number of carbonyl (C=O) groups is 1. The molecular formula is C15H14O5. The van der Waals surface area contributed by atoms with Gasteiger partial charge in [0, 0.05) is 11.1 Å². The summed E-state index contributed by atoms with van der Waals surface area (Å²) in [5.74, 6) is -3.42. The summed E-state index contributed by atoms with van der Waals surface area (Å²) in [5, 5.41) is 37.8. The van der Waals surface area contributed by atoms with Crippen LogP contribution in [0.25, 0.3) is 5.76 Å². The van der Waals surface area contributed by atoms with Gasteiger partial charge >= 0.3 is 0 Å². The SMILES string of the molecule is O=C1C(=CC=C(O)c2ccccc2)C=CC(O)(O)C1O. The molecule has 104 valence electrons. The highest BCUT2D eigenvalue weighted by molar-refractivity contribution is 6.03. The number of carbonyl (C=O) groups excluding carboxylic acids is 1. The van der Waals surface area contributed by atoms with Gasteiger partial charge in [0.2, 0.25) is 5.79 Å². The van der Waals surface area contributed by atoms with Crippen LogP contribution >= 0.6 is 0 Å². The molecule has 0 aliphatic heterocycles. The molecule has 0 bridgehead atoms. The lowest BCUT2D eigenvalue weighted by molar-refractivity contribution is -0.191. The molecule has 0 saturated carbocycles. The summed E-state index contributed by atoms with van der Waals surface area (Å²) < 4.78 is 0. The lowest BCUT2D eigenvalue weighted by Crippen LogP contribution is -2.48. The molecule has 1 unspecified atom stereocenters. The van der Waals surface area contributed by atoms with E-state index in [1.807, 2.05) is 0 Å². The Labute approximate surface area is 115 Å². The molecule has 0 aromatic heterocycles. The smallest absolute Gasteiger partial charge is 0.217 e. The largest absolute Gasteiger partial charge is 0.507 e. The van der Waals surface area contributed by atoms with Crippen molar-refractivity contribution < 1.29 is 25.2 Å². The maximum absolute atomic E-state index is 11.7. The Balaban J connectivity index is 2.27. The van der Waals surface area contributed by atoms with Crippen molar-refractivity contribution in [3.05, 3.63) is 65.8 Å². The molecule has 1 aromatic rings.